The second-order valence-corrected chi connectivity index (χ2v) is 5.19. The van der Waals surface area contributed by atoms with Crippen LogP contribution in [-0.4, -0.2) is 38.1 Å². The van der Waals surface area contributed by atoms with Crippen LogP contribution in [0.3, 0.4) is 0 Å². The van der Waals surface area contributed by atoms with E-state index >= 15 is 0 Å². The number of hydrogen-bond donors (Lipinski definition) is 1. The zero-order valence-electron chi connectivity index (χ0n) is 11.6. The lowest BCUT2D eigenvalue weighted by Gasteiger charge is -2.30. The largest absolute Gasteiger partial charge is 0.378 e. The van der Waals surface area contributed by atoms with Gasteiger partial charge in [-0.25, -0.2) is 0 Å². The number of benzene rings is 1. The summed E-state index contributed by atoms with van der Waals surface area (Å²) in [5.41, 5.74) is 1.95. The molecule has 1 fully saturated rings. The molecule has 0 atom stereocenters. The van der Waals surface area contributed by atoms with Crippen molar-refractivity contribution < 1.29 is 9.53 Å². The SMILES string of the molecule is O=C(CCCCCl)Nc1ccccc1N1CCOCC1. The van der Waals surface area contributed by atoms with Crippen LogP contribution < -0.4 is 10.2 Å². The quantitative estimate of drug-likeness (QED) is 0.648. The number of morpholine rings is 1. The number of para-hydroxylation sites is 2. The van der Waals surface area contributed by atoms with Gasteiger partial charge in [0.15, 0.2) is 0 Å². The molecule has 1 aromatic carbocycles. The number of nitrogens with one attached hydrogen (secondary N) is 1. The maximum Gasteiger partial charge on any atom is 0.224 e. The molecule has 1 aliphatic rings. The van der Waals surface area contributed by atoms with Gasteiger partial charge < -0.3 is 15.0 Å². The third-order valence-corrected chi connectivity index (χ3v) is 3.58. The first-order valence-corrected chi connectivity index (χ1v) is 7.62. The minimum atomic E-state index is 0.0517. The Kier molecular flexibility index (Phi) is 6.15. The lowest BCUT2D eigenvalue weighted by atomic mass is 10.2. The van der Waals surface area contributed by atoms with Gasteiger partial charge in [0.2, 0.25) is 5.91 Å². The summed E-state index contributed by atoms with van der Waals surface area (Å²) in [6.07, 6.45) is 2.22. The number of alkyl halides is 1. The van der Waals surface area contributed by atoms with E-state index in [1.54, 1.807) is 0 Å². The van der Waals surface area contributed by atoms with Crippen molar-refractivity contribution in [3.63, 3.8) is 0 Å². The Labute approximate surface area is 125 Å². The second kappa shape index (κ2) is 8.12. The molecule has 0 aliphatic carbocycles. The fraction of sp³-hybridized carbons (Fsp3) is 0.533. The number of carbonyl (C=O) groups is 1. The van der Waals surface area contributed by atoms with Gasteiger partial charge in [-0.15, -0.1) is 11.6 Å². The summed E-state index contributed by atoms with van der Waals surface area (Å²) in [7, 11) is 0. The first-order valence-electron chi connectivity index (χ1n) is 7.09. The Morgan fingerprint density at radius 3 is 2.75 bits per heavy atom. The van der Waals surface area contributed by atoms with E-state index in [1.807, 2.05) is 24.3 Å². The molecular formula is C15H21ClN2O2. The molecule has 0 aromatic heterocycles. The van der Waals surface area contributed by atoms with Crippen LogP contribution >= 0.6 is 11.6 Å². The summed E-state index contributed by atoms with van der Waals surface area (Å²) >= 11 is 5.62. The van der Waals surface area contributed by atoms with Crippen molar-refractivity contribution >= 4 is 28.9 Å². The van der Waals surface area contributed by atoms with Crippen molar-refractivity contribution in [1.82, 2.24) is 0 Å². The lowest BCUT2D eigenvalue weighted by molar-refractivity contribution is -0.116. The van der Waals surface area contributed by atoms with Crippen LogP contribution in [0.1, 0.15) is 19.3 Å². The predicted octanol–water partition coefficient (Wildman–Crippen LogP) is 2.87. The van der Waals surface area contributed by atoms with E-state index in [0.717, 1.165) is 50.5 Å². The van der Waals surface area contributed by atoms with Gasteiger partial charge in [0.05, 0.1) is 24.6 Å². The number of carbonyl (C=O) groups excluding carboxylic acids is 1. The van der Waals surface area contributed by atoms with Crippen molar-refractivity contribution in [2.24, 2.45) is 0 Å². The highest BCUT2D eigenvalue weighted by Gasteiger charge is 2.15. The zero-order valence-corrected chi connectivity index (χ0v) is 12.4. The van der Waals surface area contributed by atoms with Gasteiger partial charge in [0.1, 0.15) is 0 Å². The molecular weight excluding hydrogens is 276 g/mol. The second-order valence-electron chi connectivity index (χ2n) is 4.81. The van der Waals surface area contributed by atoms with E-state index in [9.17, 15) is 4.79 Å². The minimum absolute atomic E-state index is 0.0517. The van der Waals surface area contributed by atoms with E-state index in [0.29, 0.717) is 12.3 Å². The number of anilines is 2. The van der Waals surface area contributed by atoms with Gasteiger partial charge in [-0.05, 0) is 25.0 Å². The van der Waals surface area contributed by atoms with E-state index in [2.05, 4.69) is 10.2 Å². The summed E-state index contributed by atoms with van der Waals surface area (Å²) in [5.74, 6) is 0.660. The molecule has 20 heavy (non-hydrogen) atoms. The van der Waals surface area contributed by atoms with Crippen molar-refractivity contribution in [2.75, 3.05) is 42.4 Å². The molecule has 0 saturated carbocycles. The minimum Gasteiger partial charge on any atom is -0.378 e. The fourth-order valence-corrected chi connectivity index (χ4v) is 2.44. The van der Waals surface area contributed by atoms with Gasteiger partial charge >= 0.3 is 0 Å². The molecule has 1 saturated heterocycles. The molecule has 0 radical (unpaired) electrons. The summed E-state index contributed by atoms with van der Waals surface area (Å²) in [6.45, 7) is 3.19. The standard InChI is InChI=1S/C15H21ClN2O2/c16-8-4-3-7-15(19)17-13-5-1-2-6-14(13)18-9-11-20-12-10-18/h1-2,5-6H,3-4,7-12H2,(H,17,19). The van der Waals surface area contributed by atoms with Crippen LogP contribution in [0.4, 0.5) is 11.4 Å². The molecule has 2 rings (SSSR count). The maximum absolute atomic E-state index is 11.9. The van der Waals surface area contributed by atoms with E-state index in [1.165, 1.54) is 0 Å². The number of rotatable bonds is 6. The molecule has 1 N–H and O–H groups in total. The number of hydrogen-bond acceptors (Lipinski definition) is 3. The normalized spacial score (nSPS) is 15.2. The van der Waals surface area contributed by atoms with Crippen LogP contribution in [0.2, 0.25) is 0 Å². The number of amides is 1. The van der Waals surface area contributed by atoms with Crippen LogP contribution in [0.25, 0.3) is 0 Å². The Hall–Kier alpha value is -1.26. The van der Waals surface area contributed by atoms with Crippen molar-refractivity contribution in [3.8, 4) is 0 Å². The summed E-state index contributed by atoms with van der Waals surface area (Å²) in [6, 6.07) is 7.93. The molecule has 1 aromatic rings. The highest BCUT2D eigenvalue weighted by molar-refractivity contribution is 6.17. The number of nitrogens with zero attached hydrogens (tertiary/aromatic N) is 1. The lowest BCUT2D eigenvalue weighted by Crippen LogP contribution is -2.36. The van der Waals surface area contributed by atoms with Crippen molar-refractivity contribution in [1.29, 1.82) is 0 Å². The fourth-order valence-electron chi connectivity index (χ4n) is 2.25. The van der Waals surface area contributed by atoms with Gasteiger partial charge in [-0.1, -0.05) is 12.1 Å². The van der Waals surface area contributed by atoms with Crippen LogP contribution in [0, 0.1) is 0 Å². The topological polar surface area (TPSA) is 41.6 Å². The van der Waals surface area contributed by atoms with Crippen LogP contribution in [0.15, 0.2) is 24.3 Å². The molecule has 0 bridgehead atoms. The Balaban J connectivity index is 1.98. The molecule has 1 amide bonds. The molecule has 0 spiro atoms. The Bertz CT molecular complexity index is 434. The van der Waals surface area contributed by atoms with Gasteiger partial charge in [-0.2, -0.15) is 0 Å². The maximum atomic E-state index is 11.9. The first kappa shape index (κ1) is 15.1. The molecule has 110 valence electrons. The van der Waals surface area contributed by atoms with Crippen molar-refractivity contribution in [2.45, 2.75) is 19.3 Å². The van der Waals surface area contributed by atoms with E-state index < -0.39 is 0 Å². The Morgan fingerprint density at radius 1 is 1.25 bits per heavy atom. The number of unbranched alkanes of at least 4 members (excludes halogenated alkanes) is 1. The van der Waals surface area contributed by atoms with Crippen molar-refractivity contribution in [3.05, 3.63) is 24.3 Å². The molecule has 0 unspecified atom stereocenters. The molecule has 1 heterocycles. The highest BCUT2D eigenvalue weighted by atomic mass is 35.5. The summed E-state index contributed by atoms with van der Waals surface area (Å²) in [5, 5.41) is 3.00. The van der Waals surface area contributed by atoms with Crippen LogP contribution in [-0.2, 0) is 9.53 Å². The molecule has 5 heteroatoms. The average Bonchev–Trinajstić information content (AvgIpc) is 2.49. The summed E-state index contributed by atoms with van der Waals surface area (Å²) < 4.78 is 5.37. The molecule has 1 aliphatic heterocycles. The first-order chi connectivity index (χ1) is 9.81. The third-order valence-electron chi connectivity index (χ3n) is 3.32. The smallest absolute Gasteiger partial charge is 0.224 e. The number of halogens is 1. The van der Waals surface area contributed by atoms with Gasteiger partial charge in [0, 0.05) is 25.4 Å². The van der Waals surface area contributed by atoms with E-state index in [4.69, 9.17) is 16.3 Å². The summed E-state index contributed by atoms with van der Waals surface area (Å²) in [4.78, 5) is 14.2. The third kappa shape index (κ3) is 4.39. The van der Waals surface area contributed by atoms with Gasteiger partial charge in [-0.3, -0.25) is 4.79 Å². The monoisotopic (exact) mass is 296 g/mol. The molecule has 4 nitrogen and oxygen atoms in total. The Morgan fingerprint density at radius 2 is 2.00 bits per heavy atom. The predicted molar refractivity (Wildman–Crippen MR) is 82.7 cm³/mol. The van der Waals surface area contributed by atoms with Gasteiger partial charge in [0.25, 0.3) is 0 Å². The van der Waals surface area contributed by atoms with E-state index in [-0.39, 0.29) is 5.91 Å². The van der Waals surface area contributed by atoms with Crippen LogP contribution in [0.5, 0.6) is 0 Å². The number of ether oxygens (including phenoxy) is 1. The average molecular weight is 297 g/mol. The zero-order chi connectivity index (χ0) is 14.2. The highest BCUT2D eigenvalue weighted by Crippen LogP contribution is 2.26.